The molecule has 5 heteroatoms. The lowest BCUT2D eigenvalue weighted by Crippen LogP contribution is -2.35. The first kappa shape index (κ1) is 12.7. The van der Waals surface area contributed by atoms with Crippen molar-refractivity contribution in [2.45, 2.75) is 40.5 Å². The van der Waals surface area contributed by atoms with E-state index in [-0.39, 0.29) is 5.92 Å². The highest BCUT2D eigenvalue weighted by atomic mass is 16.4. The van der Waals surface area contributed by atoms with Crippen LogP contribution in [0.3, 0.4) is 0 Å². The van der Waals surface area contributed by atoms with Crippen molar-refractivity contribution in [1.82, 2.24) is 15.2 Å². The number of carbonyl (C=O) groups is 1. The lowest BCUT2D eigenvalue weighted by molar-refractivity contribution is -0.150. The van der Waals surface area contributed by atoms with Gasteiger partial charge in [-0.2, -0.15) is 5.10 Å². The number of aryl methyl sites for hydroxylation is 1. The molecule has 1 rings (SSSR count). The number of aliphatic carboxylic acids is 1. The molecule has 0 aliphatic heterocycles. The van der Waals surface area contributed by atoms with Crippen molar-refractivity contribution in [2.75, 3.05) is 0 Å². The maximum absolute atomic E-state index is 11.3. The summed E-state index contributed by atoms with van der Waals surface area (Å²) >= 11 is 0. The molecule has 0 bridgehead atoms. The van der Waals surface area contributed by atoms with E-state index in [0.29, 0.717) is 12.2 Å². The minimum Gasteiger partial charge on any atom is -0.481 e. The SMILES string of the molecule is CCc1n[nH]c(CC(C)(C(=O)O)C(C)C)n1. The van der Waals surface area contributed by atoms with Crippen molar-refractivity contribution >= 4 is 5.97 Å². The Bertz CT molecular complexity index is 373. The van der Waals surface area contributed by atoms with Crippen LogP contribution in [0.25, 0.3) is 0 Å². The van der Waals surface area contributed by atoms with Crippen LogP contribution in [0, 0.1) is 11.3 Å². The van der Waals surface area contributed by atoms with Gasteiger partial charge in [-0.3, -0.25) is 9.89 Å². The molecule has 0 aromatic carbocycles. The highest BCUT2D eigenvalue weighted by Gasteiger charge is 2.37. The van der Waals surface area contributed by atoms with Crippen molar-refractivity contribution in [2.24, 2.45) is 11.3 Å². The molecule has 0 radical (unpaired) electrons. The molecule has 0 fully saturated rings. The molecule has 1 unspecified atom stereocenters. The third-order valence-corrected chi connectivity index (χ3v) is 3.19. The van der Waals surface area contributed by atoms with Crippen LogP contribution in [-0.2, 0) is 17.6 Å². The standard InChI is InChI=1S/C11H19N3O2/c1-5-8-12-9(14-13-8)6-11(4,7(2)3)10(15)16/h7H,5-6H2,1-4H3,(H,15,16)(H,12,13,14). The lowest BCUT2D eigenvalue weighted by atomic mass is 9.76. The van der Waals surface area contributed by atoms with Gasteiger partial charge >= 0.3 is 5.97 Å². The fourth-order valence-electron chi connectivity index (χ4n) is 1.45. The number of carboxylic acids is 1. The molecule has 0 amide bonds. The zero-order valence-corrected chi connectivity index (χ0v) is 10.2. The van der Waals surface area contributed by atoms with Crippen LogP contribution in [-0.4, -0.2) is 26.3 Å². The molecule has 5 nitrogen and oxygen atoms in total. The second kappa shape index (κ2) is 4.63. The van der Waals surface area contributed by atoms with Crippen molar-refractivity contribution in [3.63, 3.8) is 0 Å². The van der Waals surface area contributed by atoms with Crippen LogP contribution < -0.4 is 0 Å². The van der Waals surface area contributed by atoms with E-state index in [1.54, 1.807) is 6.92 Å². The summed E-state index contributed by atoms with van der Waals surface area (Å²) in [6.07, 6.45) is 1.13. The van der Waals surface area contributed by atoms with Crippen molar-refractivity contribution < 1.29 is 9.90 Å². The van der Waals surface area contributed by atoms with E-state index in [1.165, 1.54) is 0 Å². The Labute approximate surface area is 95.3 Å². The summed E-state index contributed by atoms with van der Waals surface area (Å²) in [6, 6.07) is 0. The molecular weight excluding hydrogens is 206 g/mol. The average molecular weight is 225 g/mol. The summed E-state index contributed by atoms with van der Waals surface area (Å²) in [5.41, 5.74) is -0.801. The first-order valence-electron chi connectivity index (χ1n) is 5.53. The second-order valence-corrected chi connectivity index (χ2v) is 4.61. The normalized spacial score (nSPS) is 15.1. The van der Waals surface area contributed by atoms with Crippen LogP contribution in [0.15, 0.2) is 0 Å². The summed E-state index contributed by atoms with van der Waals surface area (Å²) in [4.78, 5) is 15.5. The van der Waals surface area contributed by atoms with E-state index in [2.05, 4.69) is 15.2 Å². The summed E-state index contributed by atoms with van der Waals surface area (Å²) in [5, 5.41) is 16.1. The molecule has 0 saturated heterocycles. The van der Waals surface area contributed by atoms with Crippen molar-refractivity contribution in [3.8, 4) is 0 Å². The summed E-state index contributed by atoms with van der Waals surface area (Å²) in [7, 11) is 0. The number of aromatic nitrogens is 3. The number of nitrogens with zero attached hydrogens (tertiary/aromatic N) is 2. The van der Waals surface area contributed by atoms with Gasteiger partial charge in [0, 0.05) is 12.8 Å². The van der Waals surface area contributed by atoms with E-state index in [9.17, 15) is 9.90 Å². The largest absolute Gasteiger partial charge is 0.481 e. The van der Waals surface area contributed by atoms with Gasteiger partial charge in [0.2, 0.25) is 0 Å². The lowest BCUT2D eigenvalue weighted by Gasteiger charge is -2.27. The molecule has 0 spiro atoms. The molecule has 2 N–H and O–H groups in total. The molecule has 0 aliphatic carbocycles. The van der Waals surface area contributed by atoms with Gasteiger partial charge in [0.05, 0.1) is 5.41 Å². The number of nitrogens with one attached hydrogen (secondary N) is 1. The van der Waals surface area contributed by atoms with Gasteiger partial charge in [0.1, 0.15) is 11.6 Å². The molecule has 1 atom stereocenters. The topological polar surface area (TPSA) is 78.9 Å². The zero-order chi connectivity index (χ0) is 12.3. The smallest absolute Gasteiger partial charge is 0.310 e. The minimum atomic E-state index is -0.801. The maximum atomic E-state index is 11.3. The van der Waals surface area contributed by atoms with Crippen LogP contribution in [0.4, 0.5) is 0 Å². The van der Waals surface area contributed by atoms with Gasteiger partial charge in [-0.05, 0) is 12.8 Å². The fraction of sp³-hybridized carbons (Fsp3) is 0.727. The number of aromatic amines is 1. The van der Waals surface area contributed by atoms with Gasteiger partial charge < -0.3 is 5.11 Å². The summed E-state index contributed by atoms with van der Waals surface area (Å²) in [5.74, 6) is 0.624. The predicted molar refractivity (Wildman–Crippen MR) is 60.0 cm³/mol. The van der Waals surface area contributed by atoms with Crippen LogP contribution in [0.5, 0.6) is 0 Å². The van der Waals surface area contributed by atoms with E-state index in [4.69, 9.17) is 0 Å². The number of hydrogen-bond acceptors (Lipinski definition) is 3. The van der Waals surface area contributed by atoms with E-state index in [1.807, 2.05) is 20.8 Å². The fourth-order valence-corrected chi connectivity index (χ4v) is 1.45. The molecule has 16 heavy (non-hydrogen) atoms. The number of rotatable bonds is 5. The predicted octanol–water partition coefficient (Wildman–Crippen LogP) is 1.66. The van der Waals surface area contributed by atoms with Crippen LogP contribution in [0.2, 0.25) is 0 Å². The van der Waals surface area contributed by atoms with Gasteiger partial charge in [-0.1, -0.05) is 20.8 Å². The Kier molecular flexibility index (Phi) is 3.67. The molecule has 0 aliphatic rings. The van der Waals surface area contributed by atoms with E-state index in [0.717, 1.165) is 12.2 Å². The van der Waals surface area contributed by atoms with Gasteiger partial charge in [-0.25, -0.2) is 4.98 Å². The third-order valence-electron chi connectivity index (χ3n) is 3.19. The highest BCUT2D eigenvalue weighted by Crippen LogP contribution is 2.30. The Morgan fingerprint density at radius 2 is 2.19 bits per heavy atom. The number of hydrogen-bond donors (Lipinski definition) is 2. The summed E-state index contributed by atoms with van der Waals surface area (Å²) in [6.45, 7) is 7.52. The van der Waals surface area contributed by atoms with Gasteiger partial charge in [-0.15, -0.1) is 0 Å². The Balaban J connectivity index is 2.88. The molecule has 0 saturated carbocycles. The van der Waals surface area contributed by atoms with Crippen molar-refractivity contribution in [1.29, 1.82) is 0 Å². The van der Waals surface area contributed by atoms with E-state index < -0.39 is 11.4 Å². The quantitative estimate of drug-likeness (QED) is 0.798. The van der Waals surface area contributed by atoms with Crippen molar-refractivity contribution in [3.05, 3.63) is 11.6 Å². The van der Waals surface area contributed by atoms with E-state index >= 15 is 0 Å². The van der Waals surface area contributed by atoms with Gasteiger partial charge in [0.15, 0.2) is 0 Å². The van der Waals surface area contributed by atoms with Crippen LogP contribution in [0.1, 0.15) is 39.3 Å². The minimum absolute atomic E-state index is 0.0418. The molecule has 1 aromatic rings. The average Bonchev–Trinajstić information content (AvgIpc) is 2.64. The molecule has 1 aromatic heterocycles. The third kappa shape index (κ3) is 2.40. The maximum Gasteiger partial charge on any atom is 0.310 e. The Hall–Kier alpha value is -1.39. The Morgan fingerprint density at radius 1 is 1.56 bits per heavy atom. The number of carboxylic acid groups (broad SMARTS) is 1. The first-order chi connectivity index (χ1) is 7.40. The van der Waals surface area contributed by atoms with Crippen LogP contribution >= 0.6 is 0 Å². The number of H-pyrrole nitrogens is 1. The molecular formula is C11H19N3O2. The molecule has 90 valence electrons. The monoisotopic (exact) mass is 225 g/mol. The molecule has 1 heterocycles. The first-order valence-corrected chi connectivity index (χ1v) is 5.53. The zero-order valence-electron chi connectivity index (χ0n) is 10.2. The Morgan fingerprint density at radius 3 is 2.56 bits per heavy atom. The van der Waals surface area contributed by atoms with Gasteiger partial charge in [0.25, 0.3) is 0 Å². The second-order valence-electron chi connectivity index (χ2n) is 4.61. The summed E-state index contributed by atoms with van der Waals surface area (Å²) < 4.78 is 0. The highest BCUT2D eigenvalue weighted by molar-refractivity contribution is 5.74.